The molecule has 2 rings (SSSR count). The summed E-state index contributed by atoms with van der Waals surface area (Å²) < 4.78 is 6.09. The Hall–Kier alpha value is -1.80. The van der Waals surface area contributed by atoms with Crippen LogP contribution in [0.3, 0.4) is 0 Å². The number of rotatable bonds is 5. The van der Waals surface area contributed by atoms with Crippen molar-refractivity contribution in [3.05, 3.63) is 64.2 Å². The third kappa shape index (κ3) is 4.08. The van der Waals surface area contributed by atoms with Gasteiger partial charge < -0.3 is 10.5 Å². The van der Waals surface area contributed by atoms with E-state index in [2.05, 4.69) is 57.2 Å². The molecule has 112 valence electrons. The molecule has 2 aromatic rings. The van der Waals surface area contributed by atoms with Gasteiger partial charge >= 0.3 is 0 Å². The van der Waals surface area contributed by atoms with E-state index in [9.17, 15) is 0 Å². The Kier molecular flexibility index (Phi) is 5.03. The van der Waals surface area contributed by atoms with Crippen LogP contribution in [0.5, 0.6) is 5.75 Å². The van der Waals surface area contributed by atoms with Crippen molar-refractivity contribution in [1.29, 1.82) is 0 Å². The van der Waals surface area contributed by atoms with Gasteiger partial charge in [0.2, 0.25) is 0 Å². The molecule has 0 saturated heterocycles. The zero-order valence-electron chi connectivity index (χ0n) is 13.4. The van der Waals surface area contributed by atoms with Crippen LogP contribution in [0.15, 0.2) is 36.4 Å². The third-order valence-electron chi connectivity index (χ3n) is 3.79. The molecule has 21 heavy (non-hydrogen) atoms. The predicted molar refractivity (Wildman–Crippen MR) is 88.8 cm³/mol. The van der Waals surface area contributed by atoms with Crippen molar-refractivity contribution in [3.8, 4) is 5.75 Å². The summed E-state index contributed by atoms with van der Waals surface area (Å²) in [5.74, 6) is 0.980. The van der Waals surface area contributed by atoms with Crippen molar-refractivity contribution in [2.75, 3.05) is 0 Å². The quantitative estimate of drug-likeness (QED) is 0.897. The molecule has 1 atom stereocenters. The standard InChI is InChI=1S/C19H25NO/c1-13-8-9-17(10-15(13)3)12-21-19-14(2)6-5-7-18(19)11-16(4)20/h5-10,16H,11-12,20H2,1-4H3. The fourth-order valence-corrected chi connectivity index (χ4v) is 2.48. The largest absolute Gasteiger partial charge is 0.488 e. The molecular weight excluding hydrogens is 258 g/mol. The summed E-state index contributed by atoms with van der Waals surface area (Å²) in [5, 5.41) is 0. The Morgan fingerprint density at radius 2 is 1.76 bits per heavy atom. The average molecular weight is 283 g/mol. The molecule has 0 bridgehead atoms. The first-order chi connectivity index (χ1) is 9.97. The van der Waals surface area contributed by atoms with Crippen LogP contribution < -0.4 is 10.5 Å². The minimum Gasteiger partial charge on any atom is -0.488 e. The minimum absolute atomic E-state index is 0.135. The fraction of sp³-hybridized carbons (Fsp3) is 0.368. The summed E-state index contributed by atoms with van der Waals surface area (Å²) in [6.45, 7) is 8.96. The third-order valence-corrected chi connectivity index (χ3v) is 3.79. The van der Waals surface area contributed by atoms with E-state index in [0.717, 1.165) is 17.7 Å². The highest BCUT2D eigenvalue weighted by molar-refractivity contribution is 5.41. The normalized spacial score (nSPS) is 12.2. The lowest BCUT2D eigenvalue weighted by atomic mass is 10.0. The maximum Gasteiger partial charge on any atom is 0.125 e. The van der Waals surface area contributed by atoms with Gasteiger partial charge in [-0.1, -0.05) is 36.4 Å². The monoisotopic (exact) mass is 283 g/mol. The zero-order valence-corrected chi connectivity index (χ0v) is 13.4. The van der Waals surface area contributed by atoms with Crippen LogP contribution in [0.25, 0.3) is 0 Å². The van der Waals surface area contributed by atoms with Crippen molar-refractivity contribution in [2.24, 2.45) is 5.73 Å². The van der Waals surface area contributed by atoms with Crippen molar-refractivity contribution in [2.45, 2.75) is 46.8 Å². The molecule has 0 spiro atoms. The van der Waals surface area contributed by atoms with E-state index in [-0.39, 0.29) is 6.04 Å². The van der Waals surface area contributed by atoms with Crippen LogP contribution in [0.1, 0.15) is 34.7 Å². The van der Waals surface area contributed by atoms with E-state index < -0.39 is 0 Å². The number of aryl methyl sites for hydroxylation is 3. The second kappa shape index (κ2) is 6.77. The summed E-state index contributed by atoms with van der Waals surface area (Å²) in [5.41, 5.74) is 12.1. The molecule has 2 N–H and O–H groups in total. The van der Waals surface area contributed by atoms with Gasteiger partial charge in [0.05, 0.1) is 0 Å². The zero-order chi connectivity index (χ0) is 15.4. The maximum atomic E-state index is 6.09. The first kappa shape index (κ1) is 15.6. The van der Waals surface area contributed by atoms with E-state index in [4.69, 9.17) is 10.5 Å². The SMILES string of the molecule is Cc1ccc(COc2c(C)cccc2CC(C)N)cc1C. The lowest BCUT2D eigenvalue weighted by Gasteiger charge is -2.16. The molecule has 0 amide bonds. The first-order valence-electron chi connectivity index (χ1n) is 7.50. The van der Waals surface area contributed by atoms with Crippen molar-refractivity contribution in [3.63, 3.8) is 0 Å². The molecule has 2 heteroatoms. The molecule has 0 aliphatic rings. The molecule has 0 fully saturated rings. The van der Waals surface area contributed by atoms with E-state index in [1.165, 1.54) is 22.3 Å². The molecule has 0 aliphatic heterocycles. The molecule has 0 heterocycles. The molecule has 0 saturated carbocycles. The summed E-state index contributed by atoms with van der Waals surface area (Å²) in [7, 11) is 0. The highest BCUT2D eigenvalue weighted by atomic mass is 16.5. The average Bonchev–Trinajstić information content (AvgIpc) is 2.41. The number of benzene rings is 2. The summed E-state index contributed by atoms with van der Waals surface area (Å²) in [6, 6.07) is 12.9. The number of ether oxygens (including phenoxy) is 1. The number of hydrogen-bond acceptors (Lipinski definition) is 2. The molecule has 0 radical (unpaired) electrons. The van der Waals surface area contributed by atoms with Gasteiger partial charge in [-0.05, 0) is 61.9 Å². The second-order valence-electron chi connectivity index (χ2n) is 5.95. The van der Waals surface area contributed by atoms with E-state index in [1.807, 2.05) is 6.92 Å². The Morgan fingerprint density at radius 3 is 2.43 bits per heavy atom. The van der Waals surface area contributed by atoms with Crippen molar-refractivity contribution < 1.29 is 4.74 Å². The summed E-state index contributed by atoms with van der Waals surface area (Å²) >= 11 is 0. The molecule has 0 aliphatic carbocycles. The lowest BCUT2D eigenvalue weighted by Crippen LogP contribution is -2.18. The number of hydrogen-bond donors (Lipinski definition) is 1. The van der Waals surface area contributed by atoms with Crippen LogP contribution >= 0.6 is 0 Å². The van der Waals surface area contributed by atoms with Crippen LogP contribution in [0.4, 0.5) is 0 Å². The van der Waals surface area contributed by atoms with Gasteiger partial charge in [0.25, 0.3) is 0 Å². The molecule has 1 unspecified atom stereocenters. The molecular formula is C19H25NO. The van der Waals surface area contributed by atoms with Gasteiger partial charge in [-0.25, -0.2) is 0 Å². The van der Waals surface area contributed by atoms with E-state index >= 15 is 0 Å². The van der Waals surface area contributed by atoms with Crippen LogP contribution in [0.2, 0.25) is 0 Å². The van der Waals surface area contributed by atoms with Crippen molar-refractivity contribution >= 4 is 0 Å². The van der Waals surface area contributed by atoms with Crippen LogP contribution in [-0.4, -0.2) is 6.04 Å². The summed E-state index contributed by atoms with van der Waals surface area (Å²) in [6.07, 6.45) is 0.837. The first-order valence-corrected chi connectivity index (χ1v) is 7.50. The van der Waals surface area contributed by atoms with E-state index in [0.29, 0.717) is 6.61 Å². The molecule has 0 aromatic heterocycles. The van der Waals surface area contributed by atoms with Gasteiger partial charge in [0.1, 0.15) is 12.4 Å². The van der Waals surface area contributed by atoms with E-state index in [1.54, 1.807) is 0 Å². The molecule has 2 aromatic carbocycles. The Labute approximate surface area is 127 Å². The number of nitrogens with two attached hydrogens (primary N) is 1. The van der Waals surface area contributed by atoms with Gasteiger partial charge in [-0.15, -0.1) is 0 Å². The lowest BCUT2D eigenvalue weighted by molar-refractivity contribution is 0.300. The Morgan fingerprint density at radius 1 is 1.00 bits per heavy atom. The van der Waals surface area contributed by atoms with Crippen LogP contribution in [0, 0.1) is 20.8 Å². The smallest absolute Gasteiger partial charge is 0.125 e. The second-order valence-corrected chi connectivity index (χ2v) is 5.95. The fourth-order valence-electron chi connectivity index (χ4n) is 2.48. The maximum absolute atomic E-state index is 6.09. The summed E-state index contributed by atoms with van der Waals surface area (Å²) in [4.78, 5) is 0. The highest BCUT2D eigenvalue weighted by Gasteiger charge is 2.09. The minimum atomic E-state index is 0.135. The van der Waals surface area contributed by atoms with Gasteiger partial charge in [0, 0.05) is 6.04 Å². The van der Waals surface area contributed by atoms with Gasteiger partial charge in [-0.2, -0.15) is 0 Å². The van der Waals surface area contributed by atoms with Gasteiger partial charge in [0.15, 0.2) is 0 Å². The topological polar surface area (TPSA) is 35.2 Å². The molecule has 2 nitrogen and oxygen atoms in total. The predicted octanol–water partition coefficient (Wildman–Crippen LogP) is 4.08. The Bertz CT molecular complexity index is 617. The number of para-hydroxylation sites is 1. The highest BCUT2D eigenvalue weighted by Crippen LogP contribution is 2.25. The van der Waals surface area contributed by atoms with Gasteiger partial charge in [-0.3, -0.25) is 0 Å². The Balaban J connectivity index is 2.17. The van der Waals surface area contributed by atoms with Crippen molar-refractivity contribution in [1.82, 2.24) is 0 Å². The van der Waals surface area contributed by atoms with Crippen LogP contribution in [-0.2, 0) is 13.0 Å².